The van der Waals surface area contributed by atoms with Crippen LogP contribution in [-0.2, 0) is 6.61 Å². The Bertz CT molecular complexity index is 291. The number of hydrogen-bond donors (Lipinski definition) is 2. The van der Waals surface area contributed by atoms with Gasteiger partial charge in [0.25, 0.3) is 0 Å². The smallest absolute Gasteiger partial charge is 0.0692 e. The van der Waals surface area contributed by atoms with Crippen molar-refractivity contribution < 1.29 is 10.2 Å². The van der Waals surface area contributed by atoms with Gasteiger partial charge in [0.15, 0.2) is 0 Å². The minimum absolute atomic E-state index is 0.0642. The Balaban J connectivity index is 2.67. The topological polar surface area (TPSA) is 40.5 Å². The molecule has 14 heavy (non-hydrogen) atoms. The molecule has 0 atom stereocenters. The molecular weight excluding hydrogens is 264 g/mol. The van der Waals surface area contributed by atoms with E-state index in [0.717, 1.165) is 27.1 Å². The normalized spacial score (nSPS) is 10.5. The van der Waals surface area contributed by atoms with Gasteiger partial charge in [-0.05, 0) is 24.1 Å². The Morgan fingerprint density at radius 1 is 1.29 bits per heavy atom. The van der Waals surface area contributed by atoms with Gasteiger partial charge in [0.05, 0.1) is 6.61 Å². The van der Waals surface area contributed by atoms with Crippen LogP contribution in [-0.4, -0.2) is 22.6 Å². The van der Waals surface area contributed by atoms with Crippen LogP contribution in [0.4, 0.5) is 0 Å². The summed E-state index contributed by atoms with van der Waals surface area (Å²) >= 11 is 5.05. The number of aliphatic hydroxyl groups excluding tert-OH is 2. The van der Waals surface area contributed by atoms with Crippen LogP contribution >= 0.6 is 27.7 Å². The molecule has 0 fully saturated rings. The monoisotopic (exact) mass is 276 g/mol. The summed E-state index contributed by atoms with van der Waals surface area (Å²) in [7, 11) is 0. The number of halogens is 1. The molecule has 2 nitrogen and oxygen atoms in total. The fourth-order valence-electron chi connectivity index (χ4n) is 1.04. The first-order chi connectivity index (χ1) is 6.77. The summed E-state index contributed by atoms with van der Waals surface area (Å²) in [6.45, 7) is 0.282. The molecule has 2 N–H and O–H groups in total. The first-order valence-corrected chi connectivity index (χ1v) is 6.18. The van der Waals surface area contributed by atoms with E-state index in [-0.39, 0.29) is 13.2 Å². The summed E-state index contributed by atoms with van der Waals surface area (Å²) in [6, 6.07) is 5.82. The van der Waals surface area contributed by atoms with Gasteiger partial charge in [-0.1, -0.05) is 22.0 Å². The minimum atomic E-state index is 0.0642. The van der Waals surface area contributed by atoms with Crippen LogP contribution in [0.15, 0.2) is 27.6 Å². The summed E-state index contributed by atoms with van der Waals surface area (Å²) in [5.41, 5.74) is 0.941. The van der Waals surface area contributed by atoms with E-state index < -0.39 is 0 Å². The largest absolute Gasteiger partial charge is 0.396 e. The molecule has 0 aliphatic rings. The SMILES string of the molecule is OCCCSc1cc(Br)ccc1CO. The lowest BCUT2D eigenvalue weighted by atomic mass is 10.2. The first-order valence-electron chi connectivity index (χ1n) is 4.41. The molecule has 0 heterocycles. The maximum atomic E-state index is 9.09. The number of hydrogen-bond acceptors (Lipinski definition) is 3. The van der Waals surface area contributed by atoms with E-state index in [0.29, 0.717) is 0 Å². The quantitative estimate of drug-likeness (QED) is 0.641. The van der Waals surface area contributed by atoms with E-state index in [1.807, 2.05) is 18.2 Å². The molecule has 0 radical (unpaired) electrons. The fourth-order valence-corrected chi connectivity index (χ4v) is 2.57. The van der Waals surface area contributed by atoms with Crippen LogP contribution in [0, 0.1) is 0 Å². The predicted octanol–water partition coefficient (Wildman–Crippen LogP) is 2.42. The number of thioether (sulfide) groups is 1. The Hall–Kier alpha value is -0.0300. The van der Waals surface area contributed by atoms with Crippen molar-refractivity contribution in [3.8, 4) is 0 Å². The van der Waals surface area contributed by atoms with Gasteiger partial charge in [0.2, 0.25) is 0 Å². The number of benzene rings is 1. The lowest BCUT2D eigenvalue weighted by Crippen LogP contribution is -1.90. The lowest BCUT2D eigenvalue weighted by molar-refractivity contribution is 0.279. The summed E-state index contributed by atoms with van der Waals surface area (Å²) < 4.78 is 1.01. The van der Waals surface area contributed by atoms with Gasteiger partial charge in [-0.2, -0.15) is 0 Å². The highest BCUT2D eigenvalue weighted by molar-refractivity contribution is 9.10. The Morgan fingerprint density at radius 2 is 2.07 bits per heavy atom. The van der Waals surface area contributed by atoms with Crippen LogP contribution in [0.2, 0.25) is 0 Å². The molecule has 78 valence electrons. The first kappa shape index (κ1) is 12.0. The molecule has 1 aromatic rings. The molecule has 0 aromatic heterocycles. The second kappa shape index (κ2) is 6.45. The van der Waals surface area contributed by atoms with Crippen molar-refractivity contribution >= 4 is 27.7 Å². The van der Waals surface area contributed by atoms with E-state index in [1.54, 1.807) is 11.8 Å². The van der Waals surface area contributed by atoms with Gasteiger partial charge in [-0.15, -0.1) is 11.8 Å². The zero-order valence-corrected chi connectivity index (χ0v) is 10.1. The number of rotatable bonds is 5. The summed E-state index contributed by atoms with van der Waals surface area (Å²) in [5, 5.41) is 17.7. The second-order valence-electron chi connectivity index (χ2n) is 2.84. The van der Waals surface area contributed by atoms with Crippen molar-refractivity contribution in [1.82, 2.24) is 0 Å². The molecule has 0 unspecified atom stereocenters. The highest BCUT2D eigenvalue weighted by atomic mass is 79.9. The summed E-state index contributed by atoms with van der Waals surface area (Å²) in [5.74, 6) is 0.875. The van der Waals surface area contributed by atoms with Crippen molar-refractivity contribution in [2.45, 2.75) is 17.9 Å². The maximum absolute atomic E-state index is 9.09. The number of aliphatic hydroxyl groups is 2. The van der Waals surface area contributed by atoms with E-state index in [2.05, 4.69) is 15.9 Å². The van der Waals surface area contributed by atoms with Crippen LogP contribution < -0.4 is 0 Å². The molecule has 0 spiro atoms. The van der Waals surface area contributed by atoms with Crippen molar-refractivity contribution in [2.75, 3.05) is 12.4 Å². The van der Waals surface area contributed by atoms with Crippen molar-refractivity contribution in [2.24, 2.45) is 0 Å². The average molecular weight is 277 g/mol. The van der Waals surface area contributed by atoms with Crippen molar-refractivity contribution in [1.29, 1.82) is 0 Å². The molecule has 0 bridgehead atoms. The molecule has 0 saturated carbocycles. The third kappa shape index (κ3) is 3.61. The Morgan fingerprint density at radius 3 is 2.71 bits per heavy atom. The maximum Gasteiger partial charge on any atom is 0.0692 e. The molecule has 1 rings (SSSR count). The molecule has 0 aliphatic heterocycles. The van der Waals surface area contributed by atoms with Gasteiger partial charge in [-0.25, -0.2) is 0 Å². The van der Waals surface area contributed by atoms with Crippen LogP contribution in [0.25, 0.3) is 0 Å². The third-order valence-corrected chi connectivity index (χ3v) is 3.44. The van der Waals surface area contributed by atoms with Gasteiger partial charge >= 0.3 is 0 Å². The van der Waals surface area contributed by atoms with Gasteiger partial charge in [0.1, 0.15) is 0 Å². The molecule has 0 amide bonds. The average Bonchev–Trinajstić information content (AvgIpc) is 2.19. The van der Waals surface area contributed by atoms with Crippen LogP contribution in [0.3, 0.4) is 0 Å². The minimum Gasteiger partial charge on any atom is -0.396 e. The van der Waals surface area contributed by atoms with E-state index in [9.17, 15) is 0 Å². The Kier molecular flexibility index (Phi) is 5.55. The standard InChI is InChI=1S/C10H13BrO2S/c11-9-3-2-8(7-13)10(6-9)14-5-1-4-12/h2-3,6,12-13H,1,4-5,7H2. The fraction of sp³-hybridized carbons (Fsp3) is 0.400. The van der Waals surface area contributed by atoms with Crippen molar-refractivity contribution in [3.05, 3.63) is 28.2 Å². The van der Waals surface area contributed by atoms with E-state index >= 15 is 0 Å². The summed E-state index contributed by atoms with van der Waals surface area (Å²) in [4.78, 5) is 1.08. The van der Waals surface area contributed by atoms with Gasteiger partial charge in [-0.3, -0.25) is 0 Å². The van der Waals surface area contributed by atoms with Crippen LogP contribution in [0.5, 0.6) is 0 Å². The lowest BCUT2D eigenvalue weighted by Gasteiger charge is -2.06. The predicted molar refractivity (Wildman–Crippen MR) is 62.5 cm³/mol. The molecule has 1 aromatic carbocycles. The summed E-state index contributed by atoms with van der Waals surface area (Å²) in [6.07, 6.45) is 0.780. The highest BCUT2D eigenvalue weighted by Gasteiger charge is 2.02. The van der Waals surface area contributed by atoms with Crippen molar-refractivity contribution in [3.63, 3.8) is 0 Å². The second-order valence-corrected chi connectivity index (χ2v) is 4.89. The molecule has 4 heteroatoms. The molecule has 0 aliphatic carbocycles. The Labute approximate surface area is 96.5 Å². The van der Waals surface area contributed by atoms with E-state index in [4.69, 9.17) is 10.2 Å². The van der Waals surface area contributed by atoms with Gasteiger partial charge in [0, 0.05) is 21.7 Å². The van der Waals surface area contributed by atoms with Crippen LogP contribution in [0.1, 0.15) is 12.0 Å². The van der Waals surface area contributed by atoms with Gasteiger partial charge < -0.3 is 10.2 Å². The highest BCUT2D eigenvalue weighted by Crippen LogP contribution is 2.26. The molecular formula is C10H13BrO2S. The van der Waals surface area contributed by atoms with E-state index in [1.165, 1.54) is 0 Å². The molecule has 0 saturated heterocycles. The zero-order valence-electron chi connectivity index (χ0n) is 7.74. The zero-order chi connectivity index (χ0) is 10.4. The third-order valence-electron chi connectivity index (χ3n) is 1.76.